The Morgan fingerprint density at radius 2 is 1.41 bits per heavy atom. The number of nitrogens with one attached hydrogen (secondary N) is 2. The van der Waals surface area contributed by atoms with Crippen molar-refractivity contribution >= 4 is 34.6 Å². The number of fused-ring (bicyclic) bond motifs is 1. The van der Waals surface area contributed by atoms with Crippen molar-refractivity contribution < 1.29 is 14.5 Å². The van der Waals surface area contributed by atoms with Crippen molar-refractivity contribution in [3.63, 3.8) is 0 Å². The van der Waals surface area contributed by atoms with Gasteiger partial charge in [0.2, 0.25) is 11.8 Å². The fraction of sp³-hybridized carbons (Fsp3) is 0.0833. The van der Waals surface area contributed by atoms with Crippen LogP contribution in [0.2, 0.25) is 0 Å². The molecule has 6 rings (SSSR count). The Kier molecular flexibility index (Phi) is 8.05. The third-order valence-corrected chi connectivity index (χ3v) is 7.45. The largest absolute Gasteiger partial charge is 0.326 e. The van der Waals surface area contributed by atoms with Gasteiger partial charge in [-0.25, -0.2) is 0 Å². The summed E-state index contributed by atoms with van der Waals surface area (Å²) < 4.78 is 0. The Labute approximate surface area is 254 Å². The van der Waals surface area contributed by atoms with Gasteiger partial charge in [0.15, 0.2) is 0 Å². The summed E-state index contributed by atoms with van der Waals surface area (Å²) in [7, 11) is 0. The normalized spacial score (nSPS) is 14.0. The number of benzodiazepines with no additional fused rings is 1. The average molecular weight is 581 g/mol. The monoisotopic (exact) mass is 580 g/mol. The van der Waals surface area contributed by atoms with Gasteiger partial charge in [0.25, 0.3) is 5.69 Å². The molecule has 0 fully saturated rings. The van der Waals surface area contributed by atoms with Crippen molar-refractivity contribution in [2.24, 2.45) is 4.99 Å². The quantitative estimate of drug-likeness (QED) is 0.154. The van der Waals surface area contributed by atoms with Gasteiger partial charge in [0.1, 0.15) is 6.04 Å². The molecule has 2 amide bonds. The van der Waals surface area contributed by atoms with Crippen LogP contribution in [0.15, 0.2) is 132 Å². The maximum Gasteiger partial charge on any atom is 0.271 e. The van der Waals surface area contributed by atoms with E-state index in [1.807, 2.05) is 97.1 Å². The van der Waals surface area contributed by atoms with Gasteiger partial charge in [-0.2, -0.15) is 0 Å². The van der Waals surface area contributed by atoms with E-state index in [0.29, 0.717) is 34.6 Å². The number of hydrogen-bond acceptors (Lipinski definition) is 5. The molecule has 0 bridgehead atoms. The molecule has 44 heavy (non-hydrogen) atoms. The molecule has 1 atom stereocenters. The smallest absolute Gasteiger partial charge is 0.271 e. The van der Waals surface area contributed by atoms with Gasteiger partial charge in [0.05, 0.1) is 22.7 Å². The molecule has 2 N–H and O–H groups in total. The lowest BCUT2D eigenvalue weighted by Crippen LogP contribution is -2.27. The third-order valence-electron chi connectivity index (χ3n) is 7.45. The fourth-order valence-electron chi connectivity index (χ4n) is 5.21. The van der Waals surface area contributed by atoms with Crippen LogP contribution in [-0.4, -0.2) is 28.5 Å². The van der Waals surface area contributed by atoms with E-state index in [4.69, 9.17) is 4.99 Å². The molecule has 1 heterocycles. The number of carbonyl (C=O) groups is 2. The Balaban J connectivity index is 1.28. The predicted octanol–water partition coefficient (Wildman–Crippen LogP) is 6.84. The van der Waals surface area contributed by atoms with Crippen LogP contribution >= 0.6 is 0 Å². The van der Waals surface area contributed by atoms with Crippen LogP contribution in [0, 0.1) is 10.1 Å². The number of benzene rings is 5. The molecule has 8 heteroatoms. The Morgan fingerprint density at radius 3 is 2.09 bits per heavy atom. The van der Waals surface area contributed by atoms with Gasteiger partial charge in [-0.05, 0) is 40.5 Å². The Bertz CT molecular complexity index is 1850. The average Bonchev–Trinajstić information content (AvgIpc) is 3.18. The summed E-state index contributed by atoms with van der Waals surface area (Å²) in [6.45, 7) is 0. The summed E-state index contributed by atoms with van der Waals surface area (Å²) in [4.78, 5) is 41.9. The number of aliphatic imine (C=N–C) groups is 1. The molecule has 0 aromatic heterocycles. The predicted molar refractivity (Wildman–Crippen MR) is 172 cm³/mol. The Hall–Kier alpha value is -5.89. The summed E-state index contributed by atoms with van der Waals surface area (Å²) in [5.41, 5.74) is 6.65. The van der Waals surface area contributed by atoms with Crippen LogP contribution in [0.4, 0.5) is 17.1 Å². The van der Waals surface area contributed by atoms with Crippen LogP contribution in [0.25, 0.3) is 11.1 Å². The molecule has 0 spiro atoms. The second kappa shape index (κ2) is 12.5. The second-order valence-electron chi connectivity index (χ2n) is 10.5. The van der Waals surface area contributed by atoms with Gasteiger partial charge in [-0.15, -0.1) is 0 Å². The molecule has 0 saturated heterocycles. The molecule has 216 valence electrons. The number of amides is 2. The molecule has 1 unspecified atom stereocenters. The van der Waals surface area contributed by atoms with Crippen LogP contribution in [0.3, 0.4) is 0 Å². The molecular weight excluding hydrogens is 552 g/mol. The lowest BCUT2D eigenvalue weighted by Gasteiger charge is -2.12. The first kappa shape index (κ1) is 28.2. The van der Waals surface area contributed by atoms with E-state index >= 15 is 0 Å². The lowest BCUT2D eigenvalue weighted by atomic mass is 9.99. The van der Waals surface area contributed by atoms with Crippen molar-refractivity contribution in [3.05, 3.63) is 160 Å². The number of hydrogen-bond donors (Lipinski definition) is 2. The Morgan fingerprint density at radius 1 is 0.773 bits per heavy atom. The minimum atomic E-state index is -0.774. The molecular formula is C36H28N4O4. The SMILES string of the molecule is O=C(Cc1ccccc1)Nc1ccc(C2=NC(Cc3ccc(-c4ccccc4)cc3)C(=O)Nc3cc([N+](=O)[O-])ccc32)cc1. The van der Waals surface area contributed by atoms with Crippen molar-refractivity contribution in [3.8, 4) is 11.1 Å². The van der Waals surface area contributed by atoms with E-state index in [1.165, 1.54) is 12.1 Å². The lowest BCUT2D eigenvalue weighted by molar-refractivity contribution is -0.384. The highest BCUT2D eigenvalue weighted by Crippen LogP contribution is 2.30. The van der Waals surface area contributed by atoms with E-state index in [1.54, 1.807) is 18.2 Å². The van der Waals surface area contributed by atoms with E-state index in [-0.39, 0.29) is 23.9 Å². The molecule has 1 aliphatic rings. The standard InChI is InChI=1S/C36H28N4O4/c41-34(22-24-7-3-1-4-8-24)37-29-17-15-28(16-18-29)35-31-20-19-30(40(43)44)23-32(31)39-36(42)33(38-35)21-25-11-13-27(14-12-25)26-9-5-2-6-10-26/h1-20,23,33H,21-22H2,(H,37,41)(H,39,42). The summed E-state index contributed by atoms with van der Waals surface area (Å²) in [6, 6.07) is 38.3. The van der Waals surface area contributed by atoms with Crippen LogP contribution < -0.4 is 10.6 Å². The molecule has 5 aromatic carbocycles. The fourth-order valence-corrected chi connectivity index (χ4v) is 5.21. The number of rotatable bonds is 8. The maximum atomic E-state index is 13.4. The summed E-state index contributed by atoms with van der Waals surface area (Å²) in [6.07, 6.45) is 0.595. The maximum absolute atomic E-state index is 13.4. The molecule has 0 saturated carbocycles. The zero-order chi connectivity index (χ0) is 30.5. The van der Waals surface area contributed by atoms with Gasteiger partial charge in [-0.1, -0.05) is 97.1 Å². The molecule has 5 aromatic rings. The highest BCUT2D eigenvalue weighted by atomic mass is 16.6. The molecule has 1 aliphatic heterocycles. The summed E-state index contributed by atoms with van der Waals surface area (Å²) in [5.74, 6) is -0.486. The number of nitro groups is 1. The first-order chi connectivity index (χ1) is 21.4. The van der Waals surface area contributed by atoms with Crippen molar-refractivity contribution in [1.82, 2.24) is 0 Å². The molecule has 0 aliphatic carbocycles. The summed E-state index contributed by atoms with van der Waals surface area (Å²) in [5, 5.41) is 17.3. The summed E-state index contributed by atoms with van der Waals surface area (Å²) >= 11 is 0. The van der Waals surface area contributed by atoms with Crippen molar-refractivity contribution in [1.29, 1.82) is 0 Å². The number of anilines is 2. The molecule has 8 nitrogen and oxygen atoms in total. The minimum Gasteiger partial charge on any atom is -0.326 e. The van der Waals surface area contributed by atoms with Gasteiger partial charge >= 0.3 is 0 Å². The first-order valence-electron chi connectivity index (χ1n) is 14.2. The second-order valence-corrected chi connectivity index (χ2v) is 10.5. The zero-order valence-corrected chi connectivity index (χ0v) is 23.6. The van der Waals surface area contributed by atoms with Crippen LogP contribution in [0.5, 0.6) is 0 Å². The number of non-ortho nitro benzene ring substituents is 1. The van der Waals surface area contributed by atoms with Crippen molar-refractivity contribution in [2.45, 2.75) is 18.9 Å². The molecule has 0 radical (unpaired) electrons. The number of carbonyl (C=O) groups excluding carboxylic acids is 2. The first-order valence-corrected chi connectivity index (χ1v) is 14.2. The number of nitro benzene ring substituents is 1. The van der Waals surface area contributed by atoms with Crippen LogP contribution in [0.1, 0.15) is 22.3 Å². The topological polar surface area (TPSA) is 114 Å². The van der Waals surface area contributed by atoms with Crippen LogP contribution in [-0.2, 0) is 22.4 Å². The highest BCUT2D eigenvalue weighted by molar-refractivity contribution is 6.20. The highest BCUT2D eigenvalue weighted by Gasteiger charge is 2.27. The van der Waals surface area contributed by atoms with E-state index in [2.05, 4.69) is 10.6 Å². The van der Waals surface area contributed by atoms with Gasteiger partial charge in [0, 0.05) is 35.4 Å². The van der Waals surface area contributed by atoms with Crippen molar-refractivity contribution in [2.75, 3.05) is 10.6 Å². The van der Waals surface area contributed by atoms with Gasteiger partial charge in [-0.3, -0.25) is 24.7 Å². The van der Waals surface area contributed by atoms with Gasteiger partial charge < -0.3 is 10.6 Å². The third kappa shape index (κ3) is 6.44. The van der Waals surface area contributed by atoms with E-state index in [0.717, 1.165) is 22.3 Å². The van der Waals surface area contributed by atoms with E-state index < -0.39 is 11.0 Å². The number of nitrogens with zero attached hydrogens (tertiary/aromatic N) is 2. The van der Waals surface area contributed by atoms with E-state index in [9.17, 15) is 19.7 Å². The zero-order valence-electron chi connectivity index (χ0n) is 23.6. The minimum absolute atomic E-state index is 0.130.